The number of thiophene rings is 1. The molecule has 27 heavy (non-hydrogen) atoms. The highest BCUT2D eigenvalue weighted by Gasteiger charge is 2.14. The van der Waals surface area contributed by atoms with Crippen LogP contribution in [0.1, 0.15) is 38.1 Å². The number of amides is 2. The number of rotatable bonds is 6. The van der Waals surface area contributed by atoms with E-state index in [-0.39, 0.29) is 11.8 Å². The second-order valence-electron chi connectivity index (χ2n) is 6.27. The van der Waals surface area contributed by atoms with Crippen LogP contribution in [0.25, 0.3) is 11.1 Å². The monoisotopic (exact) mass is 378 g/mol. The van der Waals surface area contributed by atoms with Crippen LogP contribution in [-0.2, 0) is 6.54 Å². The van der Waals surface area contributed by atoms with Crippen molar-refractivity contribution in [2.24, 2.45) is 0 Å². The maximum Gasteiger partial charge on any atom is 0.262 e. The molecule has 0 aliphatic carbocycles. The lowest BCUT2D eigenvalue weighted by Crippen LogP contribution is -2.23. The molecular weight excluding hydrogens is 356 g/mol. The number of aryl methyl sites for hydroxylation is 1. The Labute approximate surface area is 163 Å². The molecule has 2 amide bonds. The van der Waals surface area contributed by atoms with Crippen LogP contribution < -0.4 is 10.6 Å². The van der Waals surface area contributed by atoms with Gasteiger partial charge < -0.3 is 10.6 Å². The highest BCUT2D eigenvalue weighted by molar-refractivity contribution is 7.12. The number of carbonyl (C=O) groups is 2. The Balaban J connectivity index is 1.66. The van der Waals surface area contributed by atoms with E-state index in [2.05, 4.69) is 10.6 Å². The normalized spacial score (nSPS) is 10.4. The third kappa shape index (κ3) is 4.63. The van der Waals surface area contributed by atoms with E-state index in [1.165, 1.54) is 16.9 Å². The number of nitrogens with one attached hydrogen (secondary N) is 2. The predicted octanol–water partition coefficient (Wildman–Crippen LogP) is 4.40. The van der Waals surface area contributed by atoms with E-state index in [1.807, 2.05) is 61.7 Å². The van der Waals surface area contributed by atoms with Gasteiger partial charge in [0.1, 0.15) is 0 Å². The van der Waals surface area contributed by atoms with Crippen molar-refractivity contribution in [2.75, 3.05) is 6.54 Å². The number of benzene rings is 2. The molecule has 1 aromatic heterocycles. The lowest BCUT2D eigenvalue weighted by atomic mass is 10.0. The molecule has 5 heteroatoms. The third-order valence-corrected chi connectivity index (χ3v) is 5.15. The second-order valence-corrected chi connectivity index (χ2v) is 7.18. The Kier molecular flexibility index (Phi) is 6.04. The van der Waals surface area contributed by atoms with Crippen molar-refractivity contribution in [1.29, 1.82) is 0 Å². The molecule has 3 rings (SSSR count). The molecule has 0 saturated carbocycles. The Morgan fingerprint density at radius 2 is 1.59 bits per heavy atom. The SMILES string of the molecule is CCNC(=O)c1ccc(CNC(=O)c2sccc2-c2ccc(C)cc2)cc1. The zero-order valence-corrected chi connectivity index (χ0v) is 16.2. The lowest BCUT2D eigenvalue weighted by Gasteiger charge is -2.08. The van der Waals surface area contributed by atoms with Crippen LogP contribution in [0.5, 0.6) is 0 Å². The van der Waals surface area contributed by atoms with Crippen molar-refractivity contribution < 1.29 is 9.59 Å². The molecule has 0 fully saturated rings. The molecule has 0 spiro atoms. The van der Waals surface area contributed by atoms with Gasteiger partial charge in [-0.3, -0.25) is 9.59 Å². The molecule has 2 N–H and O–H groups in total. The van der Waals surface area contributed by atoms with Crippen molar-refractivity contribution in [3.05, 3.63) is 81.5 Å². The summed E-state index contributed by atoms with van der Waals surface area (Å²) in [5, 5.41) is 7.67. The summed E-state index contributed by atoms with van der Waals surface area (Å²) in [7, 11) is 0. The molecule has 138 valence electrons. The molecule has 0 unspecified atom stereocenters. The first-order valence-electron chi connectivity index (χ1n) is 8.88. The van der Waals surface area contributed by atoms with E-state index >= 15 is 0 Å². The Hall–Kier alpha value is -2.92. The van der Waals surface area contributed by atoms with Crippen molar-refractivity contribution in [3.8, 4) is 11.1 Å². The van der Waals surface area contributed by atoms with E-state index in [0.29, 0.717) is 23.5 Å². The van der Waals surface area contributed by atoms with Gasteiger partial charge in [-0.2, -0.15) is 0 Å². The van der Waals surface area contributed by atoms with Crippen LogP contribution >= 0.6 is 11.3 Å². The van der Waals surface area contributed by atoms with E-state index < -0.39 is 0 Å². The highest BCUT2D eigenvalue weighted by Crippen LogP contribution is 2.28. The fraction of sp³-hybridized carbons (Fsp3) is 0.182. The first kappa shape index (κ1) is 18.9. The smallest absolute Gasteiger partial charge is 0.262 e. The average molecular weight is 378 g/mol. The standard InChI is InChI=1S/C22H22N2O2S/c1-3-23-21(25)18-10-6-16(7-11-18)14-24-22(26)20-19(12-13-27-20)17-8-4-15(2)5-9-17/h4-13H,3,14H2,1-2H3,(H,23,25)(H,24,26). The van der Waals surface area contributed by atoms with Gasteiger partial charge in [-0.15, -0.1) is 11.3 Å². The van der Waals surface area contributed by atoms with Gasteiger partial charge in [0.25, 0.3) is 11.8 Å². The summed E-state index contributed by atoms with van der Waals surface area (Å²) < 4.78 is 0. The largest absolute Gasteiger partial charge is 0.352 e. The number of hydrogen-bond donors (Lipinski definition) is 2. The summed E-state index contributed by atoms with van der Waals surface area (Å²) in [6.45, 7) is 4.94. The van der Waals surface area contributed by atoms with Crippen LogP contribution in [0, 0.1) is 6.92 Å². The van der Waals surface area contributed by atoms with Gasteiger partial charge in [0.15, 0.2) is 0 Å². The molecule has 3 aromatic rings. The Morgan fingerprint density at radius 3 is 2.26 bits per heavy atom. The molecule has 4 nitrogen and oxygen atoms in total. The summed E-state index contributed by atoms with van der Waals surface area (Å²) >= 11 is 1.44. The van der Waals surface area contributed by atoms with Gasteiger partial charge in [0.2, 0.25) is 0 Å². The number of carbonyl (C=O) groups excluding carboxylic acids is 2. The first-order chi connectivity index (χ1) is 13.1. The lowest BCUT2D eigenvalue weighted by molar-refractivity contribution is 0.0946. The van der Waals surface area contributed by atoms with Crippen molar-refractivity contribution in [1.82, 2.24) is 10.6 Å². The topological polar surface area (TPSA) is 58.2 Å². The molecule has 0 aliphatic rings. The number of hydrogen-bond acceptors (Lipinski definition) is 3. The van der Waals surface area contributed by atoms with Gasteiger partial charge in [-0.05, 0) is 48.6 Å². The van der Waals surface area contributed by atoms with Crippen LogP contribution in [0.2, 0.25) is 0 Å². The molecule has 0 radical (unpaired) electrons. The maximum atomic E-state index is 12.6. The fourth-order valence-electron chi connectivity index (χ4n) is 2.74. The first-order valence-corrected chi connectivity index (χ1v) is 9.76. The maximum absolute atomic E-state index is 12.6. The predicted molar refractivity (Wildman–Crippen MR) is 110 cm³/mol. The van der Waals surface area contributed by atoms with E-state index in [9.17, 15) is 9.59 Å². The molecular formula is C22H22N2O2S. The van der Waals surface area contributed by atoms with Crippen LogP contribution in [0.4, 0.5) is 0 Å². The molecule has 1 heterocycles. The summed E-state index contributed by atoms with van der Waals surface area (Å²) in [5.41, 5.74) is 4.75. The van der Waals surface area contributed by atoms with Crippen molar-refractivity contribution in [2.45, 2.75) is 20.4 Å². The quantitative estimate of drug-likeness (QED) is 0.668. The molecule has 0 atom stereocenters. The van der Waals surface area contributed by atoms with Gasteiger partial charge in [0, 0.05) is 24.2 Å². The summed E-state index contributed by atoms with van der Waals surface area (Å²) in [4.78, 5) is 25.1. The minimum Gasteiger partial charge on any atom is -0.352 e. The van der Waals surface area contributed by atoms with Crippen LogP contribution in [0.15, 0.2) is 60.0 Å². The molecule has 2 aromatic carbocycles. The fourth-order valence-corrected chi connectivity index (χ4v) is 3.58. The summed E-state index contributed by atoms with van der Waals surface area (Å²) in [6.07, 6.45) is 0. The third-order valence-electron chi connectivity index (χ3n) is 4.24. The molecule has 0 aliphatic heterocycles. The second kappa shape index (κ2) is 8.64. The minimum atomic E-state index is -0.0895. The van der Waals surface area contributed by atoms with Gasteiger partial charge >= 0.3 is 0 Å². The summed E-state index contributed by atoms with van der Waals surface area (Å²) in [6, 6.07) is 17.4. The Morgan fingerprint density at radius 1 is 0.889 bits per heavy atom. The zero-order chi connectivity index (χ0) is 19.2. The minimum absolute atomic E-state index is 0.0885. The average Bonchev–Trinajstić information content (AvgIpc) is 3.17. The molecule has 0 saturated heterocycles. The van der Waals surface area contributed by atoms with Crippen LogP contribution in [-0.4, -0.2) is 18.4 Å². The van der Waals surface area contributed by atoms with E-state index in [1.54, 1.807) is 12.1 Å². The van der Waals surface area contributed by atoms with Crippen molar-refractivity contribution in [3.63, 3.8) is 0 Å². The van der Waals surface area contributed by atoms with E-state index in [0.717, 1.165) is 16.7 Å². The zero-order valence-electron chi connectivity index (χ0n) is 15.4. The Bertz CT molecular complexity index is 928. The van der Waals surface area contributed by atoms with Crippen molar-refractivity contribution >= 4 is 23.2 Å². The molecule has 0 bridgehead atoms. The highest BCUT2D eigenvalue weighted by atomic mass is 32.1. The van der Waals surface area contributed by atoms with Crippen LogP contribution in [0.3, 0.4) is 0 Å². The summed E-state index contributed by atoms with van der Waals surface area (Å²) in [5.74, 6) is -0.178. The van der Waals surface area contributed by atoms with Gasteiger partial charge in [-0.1, -0.05) is 42.0 Å². The van der Waals surface area contributed by atoms with Gasteiger partial charge in [-0.25, -0.2) is 0 Å². The van der Waals surface area contributed by atoms with Gasteiger partial charge in [0.05, 0.1) is 4.88 Å². The van der Waals surface area contributed by atoms with E-state index in [4.69, 9.17) is 0 Å².